The van der Waals surface area contributed by atoms with Gasteiger partial charge in [-0.3, -0.25) is 9.69 Å². The standard InChI is InChI=1S/C27H30FN9O2S2/c1-4-20-24(33(3)25-31-23(21(11-29)40-25)17-5-7-18(28)8-6-17)37-26(30-20)41-27(32-37)35-10-9-34(16(2)12-35)15-22(39)36-13-19(38)14-36/h5-8,16,19,38H,4,9-10,12-15H2,1-3H3/t16-/m0/s1. The Balaban J connectivity index is 1.23. The molecule has 2 aliphatic heterocycles. The molecule has 1 aromatic carbocycles. The molecule has 41 heavy (non-hydrogen) atoms. The number of likely N-dealkylation sites (tertiary alicyclic amines) is 1. The average molecular weight is 596 g/mol. The van der Waals surface area contributed by atoms with Gasteiger partial charge in [0.25, 0.3) is 0 Å². The average Bonchev–Trinajstić information content (AvgIpc) is 3.65. The number of halogens is 1. The Morgan fingerprint density at radius 3 is 2.61 bits per heavy atom. The van der Waals surface area contributed by atoms with Crippen LogP contribution in [0.3, 0.4) is 0 Å². The summed E-state index contributed by atoms with van der Waals surface area (Å²) in [6, 6.07) is 8.37. The number of nitrogens with zero attached hydrogens (tertiary/aromatic N) is 9. The van der Waals surface area contributed by atoms with Crippen molar-refractivity contribution in [2.45, 2.75) is 32.4 Å². The normalized spacial score (nSPS) is 18.1. The minimum Gasteiger partial charge on any atom is -0.389 e. The number of imidazole rings is 1. The summed E-state index contributed by atoms with van der Waals surface area (Å²) >= 11 is 2.80. The summed E-state index contributed by atoms with van der Waals surface area (Å²) in [6.07, 6.45) is 0.305. The minimum absolute atomic E-state index is 0.0624. The molecular weight excluding hydrogens is 565 g/mol. The summed E-state index contributed by atoms with van der Waals surface area (Å²) in [5, 5.41) is 25.7. The zero-order chi connectivity index (χ0) is 28.8. The molecule has 5 heterocycles. The van der Waals surface area contributed by atoms with Crippen LogP contribution in [0.25, 0.3) is 16.2 Å². The number of benzene rings is 1. The van der Waals surface area contributed by atoms with Crippen molar-refractivity contribution < 1.29 is 14.3 Å². The number of thiazole rings is 1. The molecule has 0 saturated carbocycles. The lowest BCUT2D eigenvalue weighted by Gasteiger charge is -2.42. The quantitative estimate of drug-likeness (QED) is 0.344. The van der Waals surface area contributed by atoms with E-state index < -0.39 is 6.10 Å². The summed E-state index contributed by atoms with van der Waals surface area (Å²) in [4.78, 5) is 31.4. The van der Waals surface area contributed by atoms with E-state index in [0.717, 1.165) is 41.2 Å². The number of nitriles is 1. The molecule has 214 valence electrons. The molecule has 2 aliphatic rings. The van der Waals surface area contributed by atoms with Crippen LogP contribution in [0.4, 0.5) is 20.5 Å². The Bertz CT molecular complexity index is 1620. The Kier molecular flexibility index (Phi) is 7.37. The van der Waals surface area contributed by atoms with Gasteiger partial charge < -0.3 is 19.8 Å². The van der Waals surface area contributed by atoms with Crippen LogP contribution >= 0.6 is 22.7 Å². The maximum atomic E-state index is 13.5. The lowest BCUT2D eigenvalue weighted by atomic mass is 10.1. The molecule has 2 fully saturated rings. The first kappa shape index (κ1) is 27.5. The molecule has 0 aliphatic carbocycles. The molecule has 0 unspecified atom stereocenters. The predicted octanol–water partition coefficient (Wildman–Crippen LogP) is 2.97. The fraction of sp³-hybridized carbons (Fsp3) is 0.444. The van der Waals surface area contributed by atoms with Crippen molar-refractivity contribution in [3.05, 3.63) is 40.7 Å². The van der Waals surface area contributed by atoms with E-state index in [4.69, 9.17) is 15.1 Å². The third kappa shape index (κ3) is 5.14. The van der Waals surface area contributed by atoms with Crippen molar-refractivity contribution in [2.75, 3.05) is 56.1 Å². The van der Waals surface area contributed by atoms with Gasteiger partial charge in [-0.25, -0.2) is 14.4 Å². The van der Waals surface area contributed by atoms with Gasteiger partial charge in [0, 0.05) is 51.4 Å². The molecule has 0 bridgehead atoms. The number of β-amino-alcohol motifs (C(OH)–C–C–N with tert-alkyl or cyclic N) is 1. The number of aryl methyl sites for hydroxylation is 1. The van der Waals surface area contributed by atoms with Gasteiger partial charge in [-0.15, -0.1) is 5.10 Å². The second kappa shape index (κ2) is 11.0. The first-order chi connectivity index (χ1) is 19.7. The number of fused-ring (bicyclic) bond motifs is 1. The van der Waals surface area contributed by atoms with Crippen molar-refractivity contribution in [1.29, 1.82) is 5.26 Å². The zero-order valence-corrected chi connectivity index (χ0v) is 24.6. The Morgan fingerprint density at radius 2 is 1.95 bits per heavy atom. The highest BCUT2D eigenvalue weighted by molar-refractivity contribution is 7.20. The monoisotopic (exact) mass is 595 g/mol. The van der Waals surface area contributed by atoms with E-state index in [1.54, 1.807) is 17.0 Å². The molecular formula is C27H30FN9O2S2. The summed E-state index contributed by atoms with van der Waals surface area (Å²) in [6.45, 7) is 7.57. The predicted molar refractivity (Wildman–Crippen MR) is 156 cm³/mol. The Labute approximate surface area is 244 Å². The van der Waals surface area contributed by atoms with Crippen molar-refractivity contribution in [3.63, 3.8) is 0 Å². The third-order valence-corrected chi connectivity index (χ3v) is 9.61. The smallest absolute Gasteiger partial charge is 0.236 e. The van der Waals surface area contributed by atoms with Crippen molar-refractivity contribution in [2.24, 2.45) is 0 Å². The largest absolute Gasteiger partial charge is 0.389 e. The number of carbonyl (C=O) groups is 1. The van der Waals surface area contributed by atoms with E-state index in [1.807, 2.05) is 23.4 Å². The van der Waals surface area contributed by atoms with Crippen LogP contribution in [0.15, 0.2) is 24.3 Å². The fourth-order valence-electron chi connectivity index (χ4n) is 5.23. The number of anilines is 3. The number of hydrogen-bond donors (Lipinski definition) is 1. The SMILES string of the molecule is CCc1nc2sc(N3CCN(CC(=O)N4CC(O)C4)[C@@H](C)C3)nn2c1N(C)c1nc(-c2ccc(F)cc2)c(C#N)s1. The number of aliphatic hydroxyl groups is 1. The third-order valence-electron chi connectivity index (χ3n) is 7.60. The second-order valence-electron chi connectivity index (χ2n) is 10.4. The maximum absolute atomic E-state index is 13.5. The molecule has 14 heteroatoms. The first-order valence-corrected chi connectivity index (χ1v) is 15.1. The number of rotatable bonds is 7. The molecule has 0 radical (unpaired) electrons. The molecule has 1 amide bonds. The fourth-order valence-corrected chi connectivity index (χ4v) is 7.03. The van der Waals surface area contributed by atoms with Gasteiger partial charge in [0.15, 0.2) is 10.9 Å². The van der Waals surface area contributed by atoms with E-state index in [1.165, 1.54) is 34.8 Å². The summed E-state index contributed by atoms with van der Waals surface area (Å²) in [5.74, 6) is 0.514. The number of carbonyl (C=O) groups excluding carboxylic acids is 1. The Morgan fingerprint density at radius 1 is 1.20 bits per heavy atom. The molecule has 3 aromatic heterocycles. The van der Waals surface area contributed by atoms with Crippen LogP contribution in [0.2, 0.25) is 0 Å². The molecule has 0 spiro atoms. The van der Waals surface area contributed by atoms with Crippen LogP contribution in [0.5, 0.6) is 0 Å². The highest BCUT2D eigenvalue weighted by Crippen LogP contribution is 2.38. The van der Waals surface area contributed by atoms with Gasteiger partial charge in [0.05, 0.1) is 18.3 Å². The summed E-state index contributed by atoms with van der Waals surface area (Å²) < 4.78 is 15.3. The van der Waals surface area contributed by atoms with Crippen LogP contribution in [-0.4, -0.2) is 98.9 Å². The van der Waals surface area contributed by atoms with Crippen LogP contribution in [0, 0.1) is 17.1 Å². The van der Waals surface area contributed by atoms with E-state index in [9.17, 15) is 19.6 Å². The van der Waals surface area contributed by atoms with Crippen LogP contribution in [0.1, 0.15) is 24.4 Å². The zero-order valence-electron chi connectivity index (χ0n) is 23.0. The minimum atomic E-state index is -0.393. The molecule has 1 atom stereocenters. The molecule has 4 aromatic rings. The summed E-state index contributed by atoms with van der Waals surface area (Å²) in [7, 11) is 1.89. The van der Waals surface area contributed by atoms with Gasteiger partial charge in [-0.1, -0.05) is 29.6 Å². The number of piperazine rings is 1. The lowest BCUT2D eigenvalue weighted by molar-refractivity contribution is -0.143. The molecule has 1 N–H and O–H groups in total. The van der Waals surface area contributed by atoms with Crippen molar-refractivity contribution >= 4 is 49.6 Å². The van der Waals surface area contributed by atoms with Crippen molar-refractivity contribution in [1.82, 2.24) is 29.4 Å². The summed E-state index contributed by atoms with van der Waals surface area (Å²) in [5.41, 5.74) is 2.08. The van der Waals surface area contributed by atoms with Gasteiger partial charge in [0.1, 0.15) is 22.5 Å². The first-order valence-electron chi connectivity index (χ1n) is 13.5. The maximum Gasteiger partial charge on any atom is 0.236 e. The second-order valence-corrected chi connectivity index (χ2v) is 12.3. The Hall–Kier alpha value is -3.64. The van der Waals surface area contributed by atoms with E-state index >= 15 is 0 Å². The number of hydrogen-bond acceptors (Lipinski definition) is 11. The van der Waals surface area contributed by atoms with Crippen LogP contribution < -0.4 is 9.80 Å². The van der Waals surface area contributed by atoms with Gasteiger partial charge in [0.2, 0.25) is 16.0 Å². The van der Waals surface area contributed by atoms with E-state index in [2.05, 4.69) is 22.8 Å². The van der Waals surface area contributed by atoms with E-state index in [-0.39, 0.29) is 17.8 Å². The van der Waals surface area contributed by atoms with E-state index in [0.29, 0.717) is 47.3 Å². The number of aromatic nitrogens is 4. The highest BCUT2D eigenvalue weighted by atomic mass is 32.1. The molecule has 11 nitrogen and oxygen atoms in total. The topological polar surface area (TPSA) is 117 Å². The van der Waals surface area contributed by atoms with Gasteiger partial charge in [-0.2, -0.15) is 9.78 Å². The molecule has 6 rings (SSSR count). The highest BCUT2D eigenvalue weighted by Gasteiger charge is 2.33. The molecule has 2 saturated heterocycles. The van der Waals surface area contributed by atoms with Crippen molar-refractivity contribution in [3.8, 4) is 17.3 Å². The van der Waals surface area contributed by atoms with Gasteiger partial charge >= 0.3 is 0 Å². The number of aliphatic hydroxyl groups excluding tert-OH is 1. The number of amides is 1. The lowest BCUT2D eigenvalue weighted by Crippen LogP contribution is -2.59. The van der Waals surface area contributed by atoms with Gasteiger partial charge in [-0.05, 0) is 37.6 Å². The van der Waals surface area contributed by atoms with Crippen LogP contribution in [-0.2, 0) is 11.2 Å².